The van der Waals surface area contributed by atoms with Gasteiger partial charge in [0.1, 0.15) is 5.82 Å². The number of imide groups is 1. The lowest BCUT2D eigenvalue weighted by molar-refractivity contribution is -0.139. The predicted octanol–water partition coefficient (Wildman–Crippen LogP) is 1.44. The maximum atomic E-state index is 13.4. The van der Waals surface area contributed by atoms with E-state index in [-0.39, 0.29) is 24.2 Å². The molecule has 1 fully saturated rings. The first kappa shape index (κ1) is 13.2. The Kier molecular flexibility index (Phi) is 3.77. The molecule has 1 aliphatic heterocycles. The smallest absolute Gasteiger partial charge is 0.243 e. The van der Waals surface area contributed by atoms with Crippen LogP contribution in [0.15, 0.2) is 22.7 Å². The molecule has 1 heterocycles. The van der Waals surface area contributed by atoms with Crippen LogP contribution in [0.5, 0.6) is 0 Å². The van der Waals surface area contributed by atoms with Crippen LogP contribution in [0.2, 0.25) is 0 Å². The standard InChI is InChI=1S/C12H12BrFN2O2/c1-7-12(18)15-10(17)6-16(7)5-8-3-2-4-9(14)11(8)13/h2-4,7H,5-6H2,1H3,(H,15,17,18). The number of hydrogen-bond donors (Lipinski definition) is 1. The highest BCUT2D eigenvalue weighted by Gasteiger charge is 2.30. The molecule has 4 nitrogen and oxygen atoms in total. The summed E-state index contributed by atoms with van der Waals surface area (Å²) in [6, 6.07) is 4.31. The van der Waals surface area contributed by atoms with Crippen molar-refractivity contribution in [3.63, 3.8) is 0 Å². The van der Waals surface area contributed by atoms with Gasteiger partial charge in [-0.3, -0.25) is 19.8 Å². The second-order valence-electron chi connectivity index (χ2n) is 4.21. The van der Waals surface area contributed by atoms with Crippen molar-refractivity contribution in [1.29, 1.82) is 0 Å². The molecule has 1 aromatic carbocycles. The van der Waals surface area contributed by atoms with Crippen LogP contribution in [0.3, 0.4) is 0 Å². The number of amides is 2. The highest BCUT2D eigenvalue weighted by atomic mass is 79.9. The number of halogens is 2. The molecule has 0 saturated carbocycles. The first-order valence-electron chi connectivity index (χ1n) is 5.49. The van der Waals surface area contributed by atoms with Gasteiger partial charge in [-0.05, 0) is 34.5 Å². The molecule has 1 unspecified atom stereocenters. The van der Waals surface area contributed by atoms with E-state index in [1.54, 1.807) is 24.0 Å². The summed E-state index contributed by atoms with van der Waals surface area (Å²) >= 11 is 3.17. The number of nitrogens with zero attached hydrogens (tertiary/aromatic N) is 1. The Bertz CT molecular complexity index is 507. The average Bonchev–Trinajstić information content (AvgIpc) is 2.31. The summed E-state index contributed by atoms with van der Waals surface area (Å²) in [6.45, 7) is 2.20. The second-order valence-corrected chi connectivity index (χ2v) is 5.00. The fourth-order valence-corrected chi connectivity index (χ4v) is 2.24. The van der Waals surface area contributed by atoms with E-state index in [2.05, 4.69) is 21.2 Å². The van der Waals surface area contributed by atoms with E-state index < -0.39 is 6.04 Å². The second kappa shape index (κ2) is 5.16. The van der Waals surface area contributed by atoms with Gasteiger partial charge in [0, 0.05) is 6.54 Å². The normalized spacial score (nSPS) is 20.9. The molecule has 2 rings (SSSR count). The van der Waals surface area contributed by atoms with Gasteiger partial charge < -0.3 is 0 Å². The van der Waals surface area contributed by atoms with Crippen molar-refractivity contribution < 1.29 is 14.0 Å². The molecular weight excluding hydrogens is 303 g/mol. The van der Waals surface area contributed by atoms with Crippen molar-refractivity contribution in [1.82, 2.24) is 10.2 Å². The number of benzene rings is 1. The van der Waals surface area contributed by atoms with Crippen LogP contribution in [-0.4, -0.2) is 29.3 Å². The molecule has 0 aromatic heterocycles. The Morgan fingerprint density at radius 2 is 2.22 bits per heavy atom. The zero-order valence-electron chi connectivity index (χ0n) is 9.74. The SMILES string of the molecule is CC1C(=O)NC(=O)CN1Cc1cccc(F)c1Br. The number of hydrogen-bond acceptors (Lipinski definition) is 3. The fraction of sp³-hybridized carbons (Fsp3) is 0.333. The average molecular weight is 315 g/mol. The van der Waals surface area contributed by atoms with Crippen molar-refractivity contribution in [2.24, 2.45) is 0 Å². The summed E-state index contributed by atoms with van der Waals surface area (Å²) in [5, 5.41) is 2.27. The molecule has 1 N–H and O–H groups in total. The maximum Gasteiger partial charge on any atom is 0.243 e. The van der Waals surface area contributed by atoms with Crippen LogP contribution < -0.4 is 5.32 Å². The largest absolute Gasteiger partial charge is 0.294 e. The first-order chi connectivity index (χ1) is 8.49. The van der Waals surface area contributed by atoms with E-state index in [4.69, 9.17) is 0 Å². The van der Waals surface area contributed by atoms with Gasteiger partial charge >= 0.3 is 0 Å². The number of carbonyl (C=O) groups is 2. The minimum Gasteiger partial charge on any atom is -0.294 e. The molecular formula is C12H12BrFN2O2. The monoisotopic (exact) mass is 314 g/mol. The van der Waals surface area contributed by atoms with E-state index >= 15 is 0 Å². The summed E-state index contributed by atoms with van der Waals surface area (Å²) in [5.41, 5.74) is 0.712. The van der Waals surface area contributed by atoms with Crippen molar-refractivity contribution in [3.05, 3.63) is 34.1 Å². The summed E-state index contributed by atoms with van der Waals surface area (Å²) in [7, 11) is 0. The lowest BCUT2D eigenvalue weighted by Crippen LogP contribution is -2.56. The van der Waals surface area contributed by atoms with Crippen LogP contribution >= 0.6 is 15.9 Å². The first-order valence-corrected chi connectivity index (χ1v) is 6.29. The molecule has 2 amide bonds. The highest BCUT2D eigenvalue weighted by molar-refractivity contribution is 9.10. The topological polar surface area (TPSA) is 49.4 Å². The van der Waals surface area contributed by atoms with Crippen molar-refractivity contribution in [3.8, 4) is 0 Å². The Morgan fingerprint density at radius 3 is 2.94 bits per heavy atom. The van der Waals surface area contributed by atoms with Crippen molar-refractivity contribution in [2.45, 2.75) is 19.5 Å². The van der Waals surface area contributed by atoms with Gasteiger partial charge in [-0.2, -0.15) is 0 Å². The summed E-state index contributed by atoms with van der Waals surface area (Å²) in [5.74, 6) is -1.00. The Hall–Kier alpha value is -1.27. The fourth-order valence-electron chi connectivity index (χ4n) is 1.85. The molecule has 0 radical (unpaired) electrons. The zero-order chi connectivity index (χ0) is 13.3. The summed E-state index contributed by atoms with van der Waals surface area (Å²) in [4.78, 5) is 24.5. The highest BCUT2D eigenvalue weighted by Crippen LogP contribution is 2.23. The van der Waals surface area contributed by atoms with Crippen LogP contribution in [0.4, 0.5) is 4.39 Å². The predicted molar refractivity (Wildman–Crippen MR) is 67.1 cm³/mol. The van der Waals surface area contributed by atoms with Gasteiger partial charge in [0.15, 0.2) is 0 Å². The lowest BCUT2D eigenvalue weighted by Gasteiger charge is -2.31. The number of nitrogens with one attached hydrogen (secondary N) is 1. The van der Waals surface area contributed by atoms with Gasteiger partial charge in [-0.25, -0.2) is 4.39 Å². The third kappa shape index (κ3) is 2.59. The molecule has 0 bridgehead atoms. The van der Waals surface area contributed by atoms with Crippen LogP contribution in [0.25, 0.3) is 0 Å². The van der Waals surface area contributed by atoms with E-state index in [0.717, 1.165) is 0 Å². The van der Waals surface area contributed by atoms with Crippen LogP contribution in [-0.2, 0) is 16.1 Å². The minimum absolute atomic E-state index is 0.135. The Labute approximate surface area is 112 Å². The lowest BCUT2D eigenvalue weighted by atomic mass is 10.1. The van der Waals surface area contributed by atoms with Crippen molar-refractivity contribution in [2.75, 3.05) is 6.54 Å². The van der Waals surface area contributed by atoms with E-state index in [0.29, 0.717) is 16.6 Å². The third-order valence-electron chi connectivity index (χ3n) is 2.94. The van der Waals surface area contributed by atoms with Crippen molar-refractivity contribution >= 4 is 27.7 Å². The molecule has 6 heteroatoms. The van der Waals surface area contributed by atoms with Gasteiger partial charge in [-0.15, -0.1) is 0 Å². The molecule has 1 aromatic rings. The molecule has 18 heavy (non-hydrogen) atoms. The molecule has 96 valence electrons. The third-order valence-corrected chi connectivity index (χ3v) is 3.83. The minimum atomic E-state index is -0.405. The van der Waals surface area contributed by atoms with Gasteiger partial charge in [0.2, 0.25) is 11.8 Å². The number of carbonyl (C=O) groups excluding carboxylic acids is 2. The van der Waals surface area contributed by atoms with E-state index in [1.165, 1.54) is 6.07 Å². The molecule has 1 aliphatic rings. The zero-order valence-corrected chi connectivity index (χ0v) is 11.3. The summed E-state index contributed by atoms with van der Waals surface area (Å²) in [6.07, 6.45) is 0. The Morgan fingerprint density at radius 1 is 1.50 bits per heavy atom. The molecule has 0 aliphatic carbocycles. The number of rotatable bonds is 2. The van der Waals surface area contributed by atoms with Crippen LogP contribution in [0, 0.1) is 5.82 Å². The quantitative estimate of drug-likeness (QED) is 0.840. The molecule has 1 saturated heterocycles. The van der Waals surface area contributed by atoms with Gasteiger partial charge in [0.05, 0.1) is 17.1 Å². The van der Waals surface area contributed by atoms with E-state index in [9.17, 15) is 14.0 Å². The van der Waals surface area contributed by atoms with Gasteiger partial charge in [-0.1, -0.05) is 12.1 Å². The number of piperazine rings is 1. The van der Waals surface area contributed by atoms with Gasteiger partial charge in [0.25, 0.3) is 0 Å². The summed E-state index contributed by atoms with van der Waals surface area (Å²) < 4.78 is 13.7. The maximum absolute atomic E-state index is 13.4. The Balaban J connectivity index is 2.20. The van der Waals surface area contributed by atoms with E-state index in [1.807, 2.05) is 0 Å². The molecule has 1 atom stereocenters. The molecule has 0 spiro atoms. The van der Waals surface area contributed by atoms with Crippen LogP contribution in [0.1, 0.15) is 12.5 Å².